The van der Waals surface area contributed by atoms with Gasteiger partial charge in [-0.05, 0) is 42.7 Å². The molecule has 0 aliphatic heterocycles. The molecule has 2 nitrogen and oxygen atoms in total. The molecule has 1 heterocycles. The van der Waals surface area contributed by atoms with Crippen LogP contribution >= 0.6 is 0 Å². The summed E-state index contributed by atoms with van der Waals surface area (Å²) >= 11 is 0. The standard InChI is InChI=1S/C19H19NO/c1-4-14-8-10-15(11-9-14)19-13(2)12-16-17(20-19)6-5-7-18(16)21-3/h5-12H,4H2,1-3H3. The minimum absolute atomic E-state index is 0.871. The molecule has 3 aromatic rings. The highest BCUT2D eigenvalue weighted by molar-refractivity contribution is 5.88. The highest BCUT2D eigenvalue weighted by atomic mass is 16.5. The van der Waals surface area contributed by atoms with Gasteiger partial charge in [0.05, 0.1) is 18.3 Å². The van der Waals surface area contributed by atoms with E-state index in [1.807, 2.05) is 18.2 Å². The van der Waals surface area contributed by atoms with Gasteiger partial charge in [-0.25, -0.2) is 4.98 Å². The topological polar surface area (TPSA) is 22.1 Å². The van der Waals surface area contributed by atoms with Crippen LogP contribution in [0.15, 0.2) is 48.5 Å². The number of nitrogens with zero attached hydrogens (tertiary/aromatic N) is 1. The average molecular weight is 277 g/mol. The number of pyridine rings is 1. The van der Waals surface area contributed by atoms with Crippen LogP contribution in [0.5, 0.6) is 5.75 Å². The Labute approximate surface area is 125 Å². The molecule has 106 valence electrons. The van der Waals surface area contributed by atoms with Gasteiger partial charge in [0.2, 0.25) is 0 Å². The molecule has 0 fully saturated rings. The fraction of sp³-hybridized carbons (Fsp3) is 0.211. The van der Waals surface area contributed by atoms with Gasteiger partial charge >= 0.3 is 0 Å². The first-order valence-electron chi connectivity index (χ1n) is 7.26. The maximum absolute atomic E-state index is 5.42. The largest absolute Gasteiger partial charge is 0.496 e. The summed E-state index contributed by atoms with van der Waals surface area (Å²) in [6.45, 7) is 4.27. The number of fused-ring (bicyclic) bond motifs is 1. The van der Waals surface area contributed by atoms with Crippen molar-refractivity contribution in [1.29, 1.82) is 0 Å². The van der Waals surface area contributed by atoms with Crippen molar-refractivity contribution < 1.29 is 4.74 Å². The Balaban J connectivity index is 2.16. The predicted molar refractivity (Wildman–Crippen MR) is 87.8 cm³/mol. The second-order valence-corrected chi connectivity index (χ2v) is 5.23. The molecule has 0 aliphatic carbocycles. The lowest BCUT2D eigenvalue weighted by atomic mass is 10.0. The summed E-state index contributed by atoms with van der Waals surface area (Å²) < 4.78 is 5.42. The van der Waals surface area contributed by atoms with Crippen LogP contribution in [0, 0.1) is 6.92 Å². The number of methoxy groups -OCH3 is 1. The van der Waals surface area contributed by atoms with Crippen LogP contribution in [0.25, 0.3) is 22.2 Å². The lowest BCUT2D eigenvalue weighted by molar-refractivity contribution is 0.419. The highest BCUT2D eigenvalue weighted by Gasteiger charge is 2.09. The van der Waals surface area contributed by atoms with E-state index in [1.165, 1.54) is 5.56 Å². The van der Waals surface area contributed by atoms with Gasteiger partial charge in [0.1, 0.15) is 5.75 Å². The summed E-state index contributed by atoms with van der Waals surface area (Å²) in [4.78, 5) is 4.83. The van der Waals surface area contributed by atoms with E-state index in [2.05, 4.69) is 44.2 Å². The molecule has 0 atom stereocenters. The minimum atomic E-state index is 0.871. The zero-order valence-electron chi connectivity index (χ0n) is 12.7. The Morgan fingerprint density at radius 1 is 1.05 bits per heavy atom. The van der Waals surface area contributed by atoms with Crippen molar-refractivity contribution >= 4 is 10.9 Å². The molecule has 0 radical (unpaired) electrons. The first kappa shape index (κ1) is 13.6. The Bertz CT molecular complexity index is 775. The molecule has 0 unspecified atom stereocenters. The number of ether oxygens (including phenoxy) is 1. The maximum Gasteiger partial charge on any atom is 0.128 e. The summed E-state index contributed by atoms with van der Waals surface area (Å²) in [5.74, 6) is 0.871. The van der Waals surface area contributed by atoms with Crippen LogP contribution in [0.4, 0.5) is 0 Å². The van der Waals surface area contributed by atoms with Gasteiger partial charge in [-0.2, -0.15) is 0 Å². The number of hydrogen-bond donors (Lipinski definition) is 0. The highest BCUT2D eigenvalue weighted by Crippen LogP contribution is 2.30. The molecule has 0 spiro atoms. The normalized spacial score (nSPS) is 10.8. The third-order valence-electron chi connectivity index (χ3n) is 3.87. The van der Waals surface area contributed by atoms with E-state index >= 15 is 0 Å². The van der Waals surface area contributed by atoms with Crippen LogP contribution in [0.2, 0.25) is 0 Å². The van der Waals surface area contributed by atoms with E-state index in [9.17, 15) is 0 Å². The minimum Gasteiger partial charge on any atom is -0.496 e. The van der Waals surface area contributed by atoms with E-state index in [4.69, 9.17) is 9.72 Å². The van der Waals surface area contributed by atoms with Crippen LogP contribution in [-0.4, -0.2) is 12.1 Å². The first-order chi connectivity index (χ1) is 10.2. The Hall–Kier alpha value is -2.35. The fourth-order valence-corrected chi connectivity index (χ4v) is 2.64. The summed E-state index contributed by atoms with van der Waals surface area (Å²) in [5.41, 5.74) is 5.68. The lowest BCUT2D eigenvalue weighted by Gasteiger charge is -2.10. The Morgan fingerprint density at radius 3 is 2.48 bits per heavy atom. The average Bonchev–Trinajstić information content (AvgIpc) is 2.54. The zero-order chi connectivity index (χ0) is 14.8. The molecular formula is C19H19NO. The number of benzene rings is 2. The van der Waals surface area contributed by atoms with Crippen LogP contribution in [0.1, 0.15) is 18.1 Å². The molecule has 1 aromatic heterocycles. The van der Waals surface area contributed by atoms with Crippen molar-refractivity contribution in [3.05, 3.63) is 59.7 Å². The lowest BCUT2D eigenvalue weighted by Crippen LogP contribution is -1.93. The van der Waals surface area contributed by atoms with E-state index in [-0.39, 0.29) is 0 Å². The summed E-state index contributed by atoms with van der Waals surface area (Å²) in [5, 5.41) is 1.06. The SMILES string of the molecule is CCc1ccc(-c2nc3cccc(OC)c3cc2C)cc1. The first-order valence-corrected chi connectivity index (χ1v) is 7.26. The van der Waals surface area contributed by atoms with Crippen molar-refractivity contribution in [3.63, 3.8) is 0 Å². The van der Waals surface area contributed by atoms with Gasteiger partial charge in [0.25, 0.3) is 0 Å². The van der Waals surface area contributed by atoms with Crippen molar-refractivity contribution in [2.75, 3.05) is 7.11 Å². The third kappa shape index (κ3) is 2.49. The molecule has 0 amide bonds. The van der Waals surface area contributed by atoms with Gasteiger partial charge in [-0.1, -0.05) is 37.3 Å². The number of aromatic nitrogens is 1. The molecule has 0 saturated carbocycles. The van der Waals surface area contributed by atoms with Crippen LogP contribution in [0.3, 0.4) is 0 Å². The van der Waals surface area contributed by atoms with Crippen LogP contribution < -0.4 is 4.74 Å². The smallest absolute Gasteiger partial charge is 0.128 e. The van der Waals surface area contributed by atoms with E-state index in [0.717, 1.165) is 39.9 Å². The van der Waals surface area contributed by atoms with E-state index in [1.54, 1.807) is 7.11 Å². The zero-order valence-corrected chi connectivity index (χ0v) is 12.7. The predicted octanol–water partition coefficient (Wildman–Crippen LogP) is 4.78. The summed E-state index contributed by atoms with van der Waals surface area (Å²) in [6, 6.07) is 16.8. The molecule has 0 saturated heterocycles. The summed E-state index contributed by atoms with van der Waals surface area (Å²) in [6.07, 6.45) is 1.06. The summed E-state index contributed by atoms with van der Waals surface area (Å²) in [7, 11) is 1.70. The number of aryl methyl sites for hydroxylation is 2. The van der Waals surface area contributed by atoms with Gasteiger partial charge < -0.3 is 4.74 Å². The maximum atomic E-state index is 5.42. The third-order valence-corrected chi connectivity index (χ3v) is 3.87. The molecule has 2 heteroatoms. The molecule has 0 bridgehead atoms. The second-order valence-electron chi connectivity index (χ2n) is 5.23. The van der Waals surface area contributed by atoms with Gasteiger partial charge in [-0.15, -0.1) is 0 Å². The Kier molecular flexibility index (Phi) is 3.61. The fourth-order valence-electron chi connectivity index (χ4n) is 2.64. The quantitative estimate of drug-likeness (QED) is 0.687. The molecule has 21 heavy (non-hydrogen) atoms. The monoisotopic (exact) mass is 277 g/mol. The van der Waals surface area contributed by atoms with E-state index < -0.39 is 0 Å². The van der Waals surface area contributed by atoms with Crippen LogP contribution in [-0.2, 0) is 6.42 Å². The van der Waals surface area contributed by atoms with Gasteiger partial charge in [0.15, 0.2) is 0 Å². The van der Waals surface area contributed by atoms with Crippen molar-refractivity contribution in [2.45, 2.75) is 20.3 Å². The second kappa shape index (κ2) is 5.57. The number of hydrogen-bond acceptors (Lipinski definition) is 2. The van der Waals surface area contributed by atoms with Gasteiger partial charge in [0, 0.05) is 10.9 Å². The molecular weight excluding hydrogens is 258 g/mol. The van der Waals surface area contributed by atoms with Crippen molar-refractivity contribution in [2.24, 2.45) is 0 Å². The molecule has 0 aliphatic rings. The Morgan fingerprint density at radius 2 is 1.81 bits per heavy atom. The van der Waals surface area contributed by atoms with E-state index in [0.29, 0.717) is 0 Å². The molecule has 3 rings (SSSR count). The molecule has 0 N–H and O–H groups in total. The van der Waals surface area contributed by atoms with Crippen molar-refractivity contribution in [3.8, 4) is 17.0 Å². The number of rotatable bonds is 3. The van der Waals surface area contributed by atoms with Gasteiger partial charge in [-0.3, -0.25) is 0 Å². The van der Waals surface area contributed by atoms with Crippen molar-refractivity contribution in [1.82, 2.24) is 4.98 Å². The molecule has 2 aromatic carbocycles.